The van der Waals surface area contributed by atoms with Crippen LogP contribution in [0, 0.1) is 22.7 Å². The van der Waals surface area contributed by atoms with Gasteiger partial charge in [0.2, 0.25) is 0 Å². The molecule has 3 atom stereocenters. The Morgan fingerprint density at radius 2 is 2.11 bits per heavy atom. The van der Waals surface area contributed by atoms with Crippen molar-refractivity contribution in [1.82, 2.24) is 4.98 Å². The molecule has 2 aliphatic carbocycles. The van der Waals surface area contributed by atoms with E-state index in [4.69, 9.17) is 0 Å². The zero-order valence-electron chi connectivity index (χ0n) is 11.9. The largest absolute Gasteiger partial charge is 0.261 e. The average Bonchev–Trinajstić information content (AvgIpc) is 2.70. The van der Waals surface area contributed by atoms with Gasteiger partial charge in [0.1, 0.15) is 0 Å². The first-order valence-corrected chi connectivity index (χ1v) is 7.44. The molecule has 0 aliphatic heterocycles. The van der Waals surface area contributed by atoms with E-state index >= 15 is 0 Å². The second kappa shape index (κ2) is 4.08. The van der Waals surface area contributed by atoms with Crippen LogP contribution in [-0.2, 0) is 6.42 Å². The van der Waals surface area contributed by atoms with Gasteiger partial charge in [0.05, 0.1) is 0 Å². The highest BCUT2D eigenvalue weighted by atomic mass is 14.7. The number of aryl methyl sites for hydroxylation is 1. The lowest BCUT2D eigenvalue weighted by Gasteiger charge is -2.39. The van der Waals surface area contributed by atoms with Crippen molar-refractivity contribution in [1.29, 1.82) is 0 Å². The Morgan fingerprint density at radius 3 is 2.67 bits per heavy atom. The van der Waals surface area contributed by atoms with E-state index in [1.54, 1.807) is 0 Å². The van der Waals surface area contributed by atoms with Crippen LogP contribution in [0.1, 0.15) is 52.1 Å². The zero-order valence-corrected chi connectivity index (χ0v) is 11.9. The maximum absolute atomic E-state index is 4.46. The predicted molar refractivity (Wildman–Crippen MR) is 75.3 cm³/mol. The van der Waals surface area contributed by atoms with E-state index in [1.807, 2.05) is 12.3 Å². The van der Waals surface area contributed by atoms with Crippen molar-refractivity contribution in [2.75, 3.05) is 0 Å². The standard InChI is InChI=1S/C17H25N/c1-16(2)13-9-10-17(16,3)14(12-13)7-8-15-6-4-5-11-18-15/h4-6,11,13-14H,7-10,12H2,1-3H3/t13?,14?,17-/m0/s1. The predicted octanol–water partition coefficient (Wildman–Crippen LogP) is 4.48. The SMILES string of the molecule is CC1(C)C2CC[C@@]1(C)C(CCc1ccccn1)C2. The molecule has 0 amide bonds. The van der Waals surface area contributed by atoms with Gasteiger partial charge in [-0.2, -0.15) is 0 Å². The van der Waals surface area contributed by atoms with Gasteiger partial charge in [0.25, 0.3) is 0 Å². The van der Waals surface area contributed by atoms with Crippen LogP contribution in [0.3, 0.4) is 0 Å². The lowest BCUT2D eigenvalue weighted by molar-refractivity contribution is 0.0978. The van der Waals surface area contributed by atoms with Gasteiger partial charge < -0.3 is 0 Å². The third-order valence-corrected chi connectivity index (χ3v) is 6.45. The van der Waals surface area contributed by atoms with Crippen LogP contribution in [0.2, 0.25) is 0 Å². The molecular weight excluding hydrogens is 218 g/mol. The molecule has 0 aromatic carbocycles. The minimum Gasteiger partial charge on any atom is -0.261 e. The molecule has 1 aromatic rings. The van der Waals surface area contributed by atoms with Crippen LogP contribution in [0.25, 0.3) is 0 Å². The molecule has 2 fully saturated rings. The van der Waals surface area contributed by atoms with Crippen molar-refractivity contribution in [3.05, 3.63) is 30.1 Å². The van der Waals surface area contributed by atoms with Gasteiger partial charge in [-0.15, -0.1) is 0 Å². The highest BCUT2D eigenvalue weighted by Gasteiger charge is 2.60. The second-order valence-corrected chi connectivity index (χ2v) is 7.17. The fourth-order valence-corrected chi connectivity index (χ4v) is 4.67. The Kier molecular flexibility index (Phi) is 2.76. The maximum atomic E-state index is 4.46. The second-order valence-electron chi connectivity index (χ2n) is 7.17. The van der Waals surface area contributed by atoms with Crippen molar-refractivity contribution in [3.63, 3.8) is 0 Å². The molecule has 2 saturated carbocycles. The number of nitrogens with zero attached hydrogens (tertiary/aromatic N) is 1. The summed E-state index contributed by atoms with van der Waals surface area (Å²) in [5, 5.41) is 0. The minimum absolute atomic E-state index is 0.557. The van der Waals surface area contributed by atoms with E-state index in [2.05, 4.69) is 37.9 Å². The van der Waals surface area contributed by atoms with Gasteiger partial charge in [-0.25, -0.2) is 0 Å². The van der Waals surface area contributed by atoms with Crippen LogP contribution in [-0.4, -0.2) is 4.98 Å². The summed E-state index contributed by atoms with van der Waals surface area (Å²) in [7, 11) is 0. The summed E-state index contributed by atoms with van der Waals surface area (Å²) in [6, 6.07) is 6.28. The number of aromatic nitrogens is 1. The van der Waals surface area contributed by atoms with E-state index in [9.17, 15) is 0 Å². The molecule has 2 bridgehead atoms. The fraction of sp³-hybridized carbons (Fsp3) is 0.706. The molecule has 1 heteroatoms. The molecule has 2 unspecified atom stereocenters. The van der Waals surface area contributed by atoms with E-state index in [0.29, 0.717) is 10.8 Å². The van der Waals surface area contributed by atoms with E-state index in [1.165, 1.54) is 31.4 Å². The van der Waals surface area contributed by atoms with Gasteiger partial charge >= 0.3 is 0 Å². The van der Waals surface area contributed by atoms with E-state index < -0.39 is 0 Å². The molecule has 18 heavy (non-hydrogen) atoms. The van der Waals surface area contributed by atoms with Gasteiger partial charge in [0, 0.05) is 11.9 Å². The molecule has 98 valence electrons. The highest BCUT2D eigenvalue weighted by Crippen LogP contribution is 2.68. The van der Waals surface area contributed by atoms with Crippen molar-refractivity contribution in [2.24, 2.45) is 22.7 Å². The van der Waals surface area contributed by atoms with Crippen LogP contribution < -0.4 is 0 Å². The van der Waals surface area contributed by atoms with E-state index in [-0.39, 0.29) is 0 Å². The number of pyridine rings is 1. The lowest BCUT2D eigenvalue weighted by atomic mass is 9.65. The molecule has 3 rings (SSSR count). The van der Waals surface area contributed by atoms with E-state index in [0.717, 1.165) is 18.3 Å². The molecule has 1 nitrogen and oxygen atoms in total. The summed E-state index contributed by atoms with van der Waals surface area (Å²) in [5.41, 5.74) is 2.40. The highest BCUT2D eigenvalue weighted by molar-refractivity contribution is 5.11. The Morgan fingerprint density at radius 1 is 1.28 bits per heavy atom. The maximum Gasteiger partial charge on any atom is 0.0403 e. The summed E-state index contributed by atoms with van der Waals surface area (Å²) in [4.78, 5) is 4.46. The first-order valence-electron chi connectivity index (χ1n) is 7.44. The smallest absolute Gasteiger partial charge is 0.0403 e. The molecule has 0 saturated heterocycles. The number of hydrogen-bond acceptors (Lipinski definition) is 1. The van der Waals surface area contributed by atoms with Crippen LogP contribution >= 0.6 is 0 Å². The van der Waals surface area contributed by atoms with Gasteiger partial charge in [-0.05, 0) is 66.9 Å². The molecule has 0 spiro atoms. The average molecular weight is 243 g/mol. The monoisotopic (exact) mass is 243 g/mol. The summed E-state index contributed by atoms with van der Waals surface area (Å²) in [6.07, 6.45) is 8.76. The molecule has 1 aromatic heterocycles. The van der Waals surface area contributed by atoms with Crippen LogP contribution in [0.4, 0.5) is 0 Å². The molecule has 2 aliphatic rings. The first-order chi connectivity index (χ1) is 8.54. The third kappa shape index (κ3) is 1.63. The Labute approximate surface area is 111 Å². The van der Waals surface area contributed by atoms with Crippen molar-refractivity contribution in [3.8, 4) is 0 Å². The zero-order chi connectivity index (χ0) is 12.8. The molecule has 1 heterocycles. The minimum atomic E-state index is 0.557. The number of hydrogen-bond donors (Lipinski definition) is 0. The van der Waals surface area contributed by atoms with Crippen molar-refractivity contribution in [2.45, 2.75) is 52.9 Å². The summed E-state index contributed by atoms with van der Waals surface area (Å²) in [6.45, 7) is 7.56. The quantitative estimate of drug-likeness (QED) is 0.763. The normalized spacial score (nSPS) is 37.1. The number of rotatable bonds is 3. The van der Waals surface area contributed by atoms with Crippen LogP contribution in [0.5, 0.6) is 0 Å². The van der Waals surface area contributed by atoms with Crippen molar-refractivity contribution < 1.29 is 0 Å². The van der Waals surface area contributed by atoms with Gasteiger partial charge in [0.15, 0.2) is 0 Å². The summed E-state index contributed by atoms with van der Waals surface area (Å²) < 4.78 is 0. The fourth-order valence-electron chi connectivity index (χ4n) is 4.67. The third-order valence-electron chi connectivity index (χ3n) is 6.45. The van der Waals surface area contributed by atoms with Gasteiger partial charge in [-0.3, -0.25) is 4.98 Å². The first kappa shape index (κ1) is 12.2. The molecule has 0 radical (unpaired) electrons. The molecule has 0 N–H and O–H groups in total. The Bertz CT molecular complexity index is 422. The number of fused-ring (bicyclic) bond motifs is 2. The topological polar surface area (TPSA) is 12.9 Å². The van der Waals surface area contributed by atoms with Crippen LogP contribution in [0.15, 0.2) is 24.4 Å². The lowest BCUT2D eigenvalue weighted by Crippen LogP contribution is -2.32. The summed E-state index contributed by atoms with van der Waals surface area (Å²) in [5.74, 6) is 1.88. The molecular formula is C17H25N. The summed E-state index contributed by atoms with van der Waals surface area (Å²) >= 11 is 0. The van der Waals surface area contributed by atoms with Crippen molar-refractivity contribution >= 4 is 0 Å². The Balaban J connectivity index is 1.69. The van der Waals surface area contributed by atoms with Gasteiger partial charge in [-0.1, -0.05) is 26.8 Å². The Hall–Kier alpha value is -0.850.